The summed E-state index contributed by atoms with van der Waals surface area (Å²) in [6, 6.07) is 0. The highest BCUT2D eigenvalue weighted by Crippen LogP contribution is 2.17. The second kappa shape index (κ2) is 4.63. The monoisotopic (exact) mass is 170 g/mol. The number of allylic oxidation sites excluding steroid dienone is 1. The van der Waals surface area contributed by atoms with E-state index in [1.54, 1.807) is 0 Å². The molecule has 0 aliphatic carbocycles. The molecule has 1 saturated heterocycles. The molecule has 0 saturated carbocycles. The molecule has 2 nitrogen and oxygen atoms in total. The Morgan fingerprint density at radius 3 is 2.00 bits per heavy atom. The lowest BCUT2D eigenvalue weighted by Gasteiger charge is -2.16. The highest BCUT2D eigenvalue weighted by atomic mass is 16.7. The third-order valence-electron chi connectivity index (χ3n) is 2.06. The molecule has 0 unspecified atom stereocenters. The van der Waals surface area contributed by atoms with Crippen molar-refractivity contribution in [3.63, 3.8) is 0 Å². The summed E-state index contributed by atoms with van der Waals surface area (Å²) in [6.07, 6.45) is 6.60. The smallest absolute Gasteiger partial charge is 0.177 e. The van der Waals surface area contributed by atoms with Crippen molar-refractivity contribution < 1.29 is 9.47 Å². The molecule has 0 aromatic heterocycles. The van der Waals surface area contributed by atoms with E-state index in [4.69, 9.17) is 9.47 Å². The molecule has 1 heterocycles. The molecule has 0 aromatic rings. The first-order valence-electron chi connectivity index (χ1n) is 4.66. The Labute approximate surface area is 74.6 Å². The van der Waals surface area contributed by atoms with Gasteiger partial charge in [0.05, 0.1) is 12.2 Å². The normalized spacial score (nSPS) is 33.9. The van der Waals surface area contributed by atoms with E-state index in [-0.39, 0.29) is 6.29 Å². The summed E-state index contributed by atoms with van der Waals surface area (Å²) in [4.78, 5) is 0. The van der Waals surface area contributed by atoms with Crippen molar-refractivity contribution in [3.05, 3.63) is 12.2 Å². The SMILES string of the molecule is C/C=C/C1O[C@@H](C)CC[C@H](C)O1. The second-order valence-corrected chi connectivity index (χ2v) is 3.36. The minimum atomic E-state index is -0.137. The summed E-state index contributed by atoms with van der Waals surface area (Å²) >= 11 is 0. The van der Waals surface area contributed by atoms with Gasteiger partial charge in [-0.3, -0.25) is 0 Å². The Morgan fingerprint density at radius 2 is 1.58 bits per heavy atom. The molecule has 0 radical (unpaired) electrons. The van der Waals surface area contributed by atoms with Crippen LogP contribution in [-0.4, -0.2) is 18.5 Å². The molecule has 1 fully saturated rings. The van der Waals surface area contributed by atoms with E-state index < -0.39 is 0 Å². The zero-order valence-corrected chi connectivity index (χ0v) is 8.12. The molecule has 12 heavy (non-hydrogen) atoms. The number of rotatable bonds is 1. The van der Waals surface area contributed by atoms with E-state index in [2.05, 4.69) is 13.8 Å². The Balaban J connectivity index is 2.49. The first-order chi connectivity index (χ1) is 5.72. The Bertz CT molecular complexity index is 142. The Hall–Kier alpha value is -0.340. The fourth-order valence-corrected chi connectivity index (χ4v) is 1.34. The molecule has 1 aliphatic rings. The van der Waals surface area contributed by atoms with Gasteiger partial charge in [-0.1, -0.05) is 6.08 Å². The zero-order chi connectivity index (χ0) is 8.97. The quantitative estimate of drug-likeness (QED) is 0.563. The predicted octanol–water partition coefficient (Wildman–Crippen LogP) is 2.49. The summed E-state index contributed by atoms with van der Waals surface area (Å²) in [5.74, 6) is 0. The fraction of sp³-hybridized carbons (Fsp3) is 0.800. The molecule has 70 valence electrons. The van der Waals surface area contributed by atoms with Crippen LogP contribution in [0.4, 0.5) is 0 Å². The summed E-state index contributed by atoms with van der Waals surface area (Å²) < 4.78 is 11.2. The summed E-state index contributed by atoms with van der Waals surface area (Å²) in [5.41, 5.74) is 0. The molecular weight excluding hydrogens is 152 g/mol. The van der Waals surface area contributed by atoms with Crippen LogP contribution in [0.25, 0.3) is 0 Å². The van der Waals surface area contributed by atoms with Crippen molar-refractivity contribution >= 4 is 0 Å². The van der Waals surface area contributed by atoms with E-state index in [0.717, 1.165) is 12.8 Å². The molecule has 1 aliphatic heterocycles. The van der Waals surface area contributed by atoms with Crippen LogP contribution in [0.2, 0.25) is 0 Å². The zero-order valence-electron chi connectivity index (χ0n) is 8.12. The van der Waals surface area contributed by atoms with Gasteiger partial charge in [0.15, 0.2) is 6.29 Å². The Kier molecular flexibility index (Phi) is 3.76. The second-order valence-electron chi connectivity index (χ2n) is 3.36. The first kappa shape index (κ1) is 9.75. The van der Waals surface area contributed by atoms with Crippen LogP contribution in [0.1, 0.15) is 33.6 Å². The molecule has 0 N–H and O–H groups in total. The largest absolute Gasteiger partial charge is 0.346 e. The van der Waals surface area contributed by atoms with Crippen molar-refractivity contribution in [1.29, 1.82) is 0 Å². The molecule has 1 rings (SSSR count). The van der Waals surface area contributed by atoms with Gasteiger partial charge in [0, 0.05) is 0 Å². The molecule has 2 atom stereocenters. The van der Waals surface area contributed by atoms with Crippen LogP contribution in [-0.2, 0) is 9.47 Å². The van der Waals surface area contributed by atoms with Gasteiger partial charge in [0.2, 0.25) is 0 Å². The molecule has 0 bridgehead atoms. The molecular formula is C10H18O2. The van der Waals surface area contributed by atoms with Crippen molar-refractivity contribution in [3.8, 4) is 0 Å². The Morgan fingerprint density at radius 1 is 1.08 bits per heavy atom. The lowest BCUT2D eigenvalue weighted by atomic mass is 10.1. The third kappa shape index (κ3) is 2.95. The minimum Gasteiger partial charge on any atom is -0.346 e. The fourth-order valence-electron chi connectivity index (χ4n) is 1.34. The van der Waals surface area contributed by atoms with Gasteiger partial charge in [-0.05, 0) is 39.7 Å². The molecule has 0 spiro atoms. The van der Waals surface area contributed by atoms with Gasteiger partial charge in [-0.2, -0.15) is 0 Å². The average Bonchev–Trinajstić information content (AvgIpc) is 2.14. The highest BCUT2D eigenvalue weighted by molar-refractivity contribution is 4.83. The van der Waals surface area contributed by atoms with Gasteiger partial charge in [0.25, 0.3) is 0 Å². The van der Waals surface area contributed by atoms with Gasteiger partial charge in [0.1, 0.15) is 0 Å². The molecule has 0 aromatic carbocycles. The van der Waals surface area contributed by atoms with Crippen LogP contribution in [0, 0.1) is 0 Å². The van der Waals surface area contributed by atoms with Crippen LogP contribution in [0.15, 0.2) is 12.2 Å². The van der Waals surface area contributed by atoms with Crippen molar-refractivity contribution in [1.82, 2.24) is 0 Å². The van der Waals surface area contributed by atoms with E-state index in [9.17, 15) is 0 Å². The molecule has 0 amide bonds. The van der Waals surface area contributed by atoms with E-state index >= 15 is 0 Å². The summed E-state index contributed by atoms with van der Waals surface area (Å²) in [7, 11) is 0. The number of hydrogen-bond donors (Lipinski definition) is 0. The standard InChI is InChI=1S/C10H18O2/c1-4-5-10-11-8(2)6-7-9(3)12-10/h4-5,8-10H,6-7H2,1-3H3/b5-4+/t8-,9-/m0/s1. The lowest BCUT2D eigenvalue weighted by molar-refractivity contribution is -0.138. The maximum Gasteiger partial charge on any atom is 0.177 e. The van der Waals surface area contributed by atoms with Crippen molar-refractivity contribution in [2.24, 2.45) is 0 Å². The number of ether oxygens (including phenoxy) is 2. The maximum absolute atomic E-state index is 5.61. The minimum absolute atomic E-state index is 0.137. The average molecular weight is 170 g/mol. The van der Waals surface area contributed by atoms with Crippen molar-refractivity contribution in [2.45, 2.75) is 52.1 Å². The lowest BCUT2D eigenvalue weighted by Crippen LogP contribution is -2.19. The summed E-state index contributed by atoms with van der Waals surface area (Å²) in [6.45, 7) is 6.17. The third-order valence-corrected chi connectivity index (χ3v) is 2.06. The molecule has 2 heteroatoms. The topological polar surface area (TPSA) is 18.5 Å². The maximum atomic E-state index is 5.61. The predicted molar refractivity (Wildman–Crippen MR) is 48.9 cm³/mol. The van der Waals surface area contributed by atoms with Gasteiger partial charge >= 0.3 is 0 Å². The number of hydrogen-bond acceptors (Lipinski definition) is 2. The summed E-state index contributed by atoms with van der Waals surface area (Å²) in [5, 5.41) is 0. The van der Waals surface area contributed by atoms with Gasteiger partial charge in [-0.15, -0.1) is 0 Å². The highest BCUT2D eigenvalue weighted by Gasteiger charge is 2.19. The van der Waals surface area contributed by atoms with Crippen molar-refractivity contribution in [2.75, 3.05) is 0 Å². The van der Waals surface area contributed by atoms with Crippen LogP contribution < -0.4 is 0 Å². The van der Waals surface area contributed by atoms with E-state index in [0.29, 0.717) is 12.2 Å². The van der Waals surface area contributed by atoms with Gasteiger partial charge in [-0.25, -0.2) is 0 Å². The first-order valence-corrected chi connectivity index (χ1v) is 4.66. The van der Waals surface area contributed by atoms with Crippen LogP contribution >= 0.6 is 0 Å². The van der Waals surface area contributed by atoms with Gasteiger partial charge < -0.3 is 9.47 Å². The van der Waals surface area contributed by atoms with Crippen LogP contribution in [0.5, 0.6) is 0 Å². The van der Waals surface area contributed by atoms with E-state index in [1.165, 1.54) is 0 Å². The van der Waals surface area contributed by atoms with E-state index in [1.807, 2.05) is 19.1 Å². The van der Waals surface area contributed by atoms with Crippen LogP contribution in [0.3, 0.4) is 0 Å².